The lowest BCUT2D eigenvalue weighted by molar-refractivity contribution is -0.00288. The average molecular weight is 333 g/mol. The number of anilines is 1. The van der Waals surface area contributed by atoms with Crippen LogP contribution in [-0.4, -0.2) is 84.7 Å². The van der Waals surface area contributed by atoms with Gasteiger partial charge in [0, 0.05) is 38.9 Å². The SMILES string of the molecule is CC[C@H]1COCCN1C(=O)c1cnc(N2CCN(C)CC2)nc1C. The lowest BCUT2D eigenvalue weighted by Crippen LogP contribution is -2.48. The fraction of sp³-hybridized carbons (Fsp3) is 0.706. The molecule has 1 amide bonds. The summed E-state index contributed by atoms with van der Waals surface area (Å²) in [5.41, 5.74) is 1.36. The van der Waals surface area contributed by atoms with Crippen molar-refractivity contribution in [3.8, 4) is 0 Å². The molecule has 24 heavy (non-hydrogen) atoms. The summed E-state index contributed by atoms with van der Waals surface area (Å²) >= 11 is 0. The van der Waals surface area contributed by atoms with E-state index in [1.807, 2.05) is 11.8 Å². The molecule has 3 rings (SSSR count). The van der Waals surface area contributed by atoms with Crippen molar-refractivity contribution in [3.05, 3.63) is 17.5 Å². The number of carbonyl (C=O) groups excluding carboxylic acids is 1. The number of hydrogen-bond acceptors (Lipinski definition) is 6. The summed E-state index contributed by atoms with van der Waals surface area (Å²) in [6.07, 6.45) is 2.59. The molecule has 2 aliphatic heterocycles. The molecule has 1 aromatic rings. The highest BCUT2D eigenvalue weighted by molar-refractivity contribution is 5.95. The van der Waals surface area contributed by atoms with Crippen LogP contribution in [0.3, 0.4) is 0 Å². The molecule has 2 aliphatic rings. The van der Waals surface area contributed by atoms with E-state index in [9.17, 15) is 4.79 Å². The second kappa shape index (κ2) is 7.44. The Morgan fingerprint density at radius 2 is 2.04 bits per heavy atom. The quantitative estimate of drug-likeness (QED) is 0.815. The number of rotatable bonds is 3. The molecule has 7 nitrogen and oxygen atoms in total. The number of hydrogen-bond donors (Lipinski definition) is 0. The summed E-state index contributed by atoms with van der Waals surface area (Å²) in [7, 11) is 2.12. The van der Waals surface area contributed by atoms with Crippen LogP contribution in [0.15, 0.2) is 6.20 Å². The summed E-state index contributed by atoms with van der Waals surface area (Å²) < 4.78 is 5.49. The molecular formula is C17H27N5O2. The fourth-order valence-electron chi connectivity index (χ4n) is 3.24. The highest BCUT2D eigenvalue weighted by Crippen LogP contribution is 2.18. The van der Waals surface area contributed by atoms with E-state index in [1.165, 1.54) is 0 Å². The Bertz CT molecular complexity index is 586. The summed E-state index contributed by atoms with van der Waals surface area (Å²) in [4.78, 5) is 28.4. The maximum absolute atomic E-state index is 12.9. The Kier molecular flexibility index (Phi) is 5.30. The van der Waals surface area contributed by atoms with E-state index in [0.29, 0.717) is 25.3 Å². The van der Waals surface area contributed by atoms with Gasteiger partial charge in [-0.2, -0.15) is 0 Å². The molecule has 1 aromatic heterocycles. The third-order valence-corrected chi connectivity index (χ3v) is 4.94. The number of ether oxygens (including phenoxy) is 1. The smallest absolute Gasteiger partial charge is 0.257 e. The average Bonchev–Trinajstić information content (AvgIpc) is 2.61. The van der Waals surface area contributed by atoms with Gasteiger partial charge in [-0.1, -0.05) is 6.92 Å². The zero-order valence-corrected chi connectivity index (χ0v) is 14.9. The van der Waals surface area contributed by atoms with Crippen molar-refractivity contribution in [2.24, 2.45) is 0 Å². The normalized spacial score (nSPS) is 22.7. The third kappa shape index (κ3) is 3.52. The zero-order chi connectivity index (χ0) is 17.1. The lowest BCUT2D eigenvalue weighted by Gasteiger charge is -2.35. The van der Waals surface area contributed by atoms with E-state index in [0.717, 1.165) is 44.2 Å². The summed E-state index contributed by atoms with van der Waals surface area (Å²) in [5.74, 6) is 0.749. The largest absolute Gasteiger partial charge is 0.377 e. The van der Waals surface area contributed by atoms with Crippen molar-refractivity contribution < 1.29 is 9.53 Å². The predicted molar refractivity (Wildman–Crippen MR) is 92.4 cm³/mol. The molecule has 7 heteroatoms. The summed E-state index contributed by atoms with van der Waals surface area (Å²) in [6, 6.07) is 0.142. The Morgan fingerprint density at radius 1 is 1.29 bits per heavy atom. The van der Waals surface area contributed by atoms with E-state index in [2.05, 4.69) is 33.7 Å². The number of aromatic nitrogens is 2. The monoisotopic (exact) mass is 333 g/mol. The predicted octanol–water partition coefficient (Wildman–Crippen LogP) is 0.788. The molecule has 0 spiro atoms. The van der Waals surface area contributed by atoms with Crippen LogP contribution in [-0.2, 0) is 4.74 Å². The molecule has 0 N–H and O–H groups in total. The highest BCUT2D eigenvalue weighted by Gasteiger charge is 2.28. The van der Waals surface area contributed by atoms with Crippen molar-refractivity contribution in [1.29, 1.82) is 0 Å². The third-order valence-electron chi connectivity index (χ3n) is 4.94. The molecule has 0 saturated carbocycles. The van der Waals surface area contributed by atoms with Crippen LogP contribution in [0.2, 0.25) is 0 Å². The molecule has 0 radical (unpaired) electrons. The fourth-order valence-corrected chi connectivity index (χ4v) is 3.24. The maximum atomic E-state index is 12.9. The number of carbonyl (C=O) groups is 1. The van der Waals surface area contributed by atoms with E-state index in [1.54, 1.807) is 6.20 Å². The van der Waals surface area contributed by atoms with Crippen LogP contribution in [0.5, 0.6) is 0 Å². The minimum absolute atomic E-state index is 0.0209. The van der Waals surface area contributed by atoms with Gasteiger partial charge in [0.05, 0.1) is 30.5 Å². The van der Waals surface area contributed by atoms with E-state index in [4.69, 9.17) is 4.74 Å². The van der Waals surface area contributed by atoms with Gasteiger partial charge in [0.2, 0.25) is 5.95 Å². The molecule has 0 bridgehead atoms. The van der Waals surface area contributed by atoms with Gasteiger partial charge in [-0.05, 0) is 20.4 Å². The van der Waals surface area contributed by atoms with Crippen LogP contribution in [0, 0.1) is 6.92 Å². The van der Waals surface area contributed by atoms with Crippen LogP contribution < -0.4 is 4.90 Å². The first-order valence-electron chi connectivity index (χ1n) is 8.76. The van der Waals surface area contributed by atoms with Gasteiger partial charge in [0.15, 0.2) is 0 Å². The van der Waals surface area contributed by atoms with E-state index < -0.39 is 0 Å². The molecule has 1 atom stereocenters. The molecule has 0 aromatic carbocycles. The first-order chi connectivity index (χ1) is 11.6. The van der Waals surface area contributed by atoms with Crippen LogP contribution in [0.1, 0.15) is 29.4 Å². The second-order valence-corrected chi connectivity index (χ2v) is 6.59. The minimum Gasteiger partial charge on any atom is -0.377 e. The summed E-state index contributed by atoms with van der Waals surface area (Å²) in [5, 5.41) is 0. The van der Waals surface area contributed by atoms with Crippen molar-refractivity contribution in [3.63, 3.8) is 0 Å². The summed E-state index contributed by atoms with van der Waals surface area (Å²) in [6.45, 7) is 9.69. The van der Waals surface area contributed by atoms with Gasteiger partial charge in [-0.15, -0.1) is 0 Å². The number of piperazine rings is 1. The topological polar surface area (TPSA) is 61.8 Å². The van der Waals surface area contributed by atoms with Crippen molar-refractivity contribution in [2.75, 3.05) is 57.9 Å². The molecular weight excluding hydrogens is 306 g/mol. The van der Waals surface area contributed by atoms with Crippen molar-refractivity contribution in [1.82, 2.24) is 19.8 Å². The standard InChI is InChI=1S/C17H27N5O2/c1-4-14-12-24-10-9-22(14)16(23)15-11-18-17(19-13(15)2)21-7-5-20(3)6-8-21/h11,14H,4-10,12H2,1-3H3/t14-/m0/s1. The Hall–Kier alpha value is -1.73. The Labute approximate surface area is 143 Å². The van der Waals surface area contributed by atoms with Gasteiger partial charge >= 0.3 is 0 Å². The number of morpholine rings is 1. The molecule has 0 unspecified atom stereocenters. The Morgan fingerprint density at radius 3 is 2.71 bits per heavy atom. The highest BCUT2D eigenvalue weighted by atomic mass is 16.5. The van der Waals surface area contributed by atoms with Crippen molar-refractivity contribution >= 4 is 11.9 Å². The minimum atomic E-state index is 0.0209. The molecule has 2 saturated heterocycles. The Balaban J connectivity index is 1.75. The zero-order valence-electron chi connectivity index (χ0n) is 14.9. The maximum Gasteiger partial charge on any atom is 0.257 e. The number of likely N-dealkylation sites (N-methyl/N-ethyl adjacent to an activating group) is 1. The van der Waals surface area contributed by atoms with Crippen LogP contribution in [0.25, 0.3) is 0 Å². The van der Waals surface area contributed by atoms with Crippen LogP contribution >= 0.6 is 0 Å². The van der Waals surface area contributed by atoms with Crippen LogP contribution in [0.4, 0.5) is 5.95 Å². The van der Waals surface area contributed by atoms with Crippen molar-refractivity contribution in [2.45, 2.75) is 26.3 Å². The van der Waals surface area contributed by atoms with Gasteiger partial charge in [0.25, 0.3) is 5.91 Å². The number of nitrogens with zero attached hydrogens (tertiary/aromatic N) is 5. The number of amides is 1. The van der Waals surface area contributed by atoms with E-state index >= 15 is 0 Å². The number of aryl methyl sites for hydroxylation is 1. The molecule has 3 heterocycles. The molecule has 132 valence electrons. The second-order valence-electron chi connectivity index (χ2n) is 6.59. The first-order valence-corrected chi connectivity index (χ1v) is 8.76. The van der Waals surface area contributed by atoms with E-state index in [-0.39, 0.29) is 11.9 Å². The van der Waals surface area contributed by atoms with Gasteiger partial charge in [0.1, 0.15) is 0 Å². The lowest BCUT2D eigenvalue weighted by atomic mass is 10.1. The first kappa shape index (κ1) is 17.1. The molecule has 0 aliphatic carbocycles. The van der Waals surface area contributed by atoms with Gasteiger partial charge in [-0.25, -0.2) is 9.97 Å². The molecule has 2 fully saturated rings. The van der Waals surface area contributed by atoms with Gasteiger partial charge < -0.3 is 19.4 Å². The van der Waals surface area contributed by atoms with Gasteiger partial charge in [-0.3, -0.25) is 4.79 Å².